The lowest BCUT2D eigenvalue weighted by molar-refractivity contribution is -0.165. The van der Waals surface area contributed by atoms with Gasteiger partial charge in [0.25, 0.3) is 0 Å². The fraction of sp³-hybridized carbons (Fsp3) is 0.412. The second-order valence-corrected chi connectivity index (χ2v) is 7.66. The molecular formula is C17H23N7O7S. The molecule has 3 aromatic heterocycles. The van der Waals surface area contributed by atoms with Crippen molar-refractivity contribution in [3.63, 3.8) is 0 Å². The number of nitrogens with zero attached hydrogens (tertiary/aromatic N) is 7. The molecule has 6 N–H and O–H groups in total. The third-order valence-electron chi connectivity index (χ3n) is 4.59. The Morgan fingerprint density at radius 3 is 2.25 bits per heavy atom. The first kappa shape index (κ1) is 25.0. The maximum atomic E-state index is 9.77. The molecule has 1 aliphatic heterocycles. The Balaban J connectivity index is 0.000000285. The van der Waals surface area contributed by atoms with Crippen molar-refractivity contribution in [2.24, 2.45) is 0 Å². The number of carboxylic acids is 2. The topological polar surface area (TPSA) is 209 Å². The Morgan fingerprint density at radius 1 is 1.09 bits per heavy atom. The van der Waals surface area contributed by atoms with Crippen LogP contribution in [0.2, 0.25) is 0 Å². The van der Waals surface area contributed by atoms with Crippen LogP contribution in [-0.4, -0.2) is 113 Å². The van der Waals surface area contributed by atoms with Gasteiger partial charge in [0.15, 0.2) is 18.0 Å². The number of carbonyl (C=O) groups is 2. The molecule has 0 saturated carbocycles. The van der Waals surface area contributed by atoms with Gasteiger partial charge in [0, 0.05) is 26.2 Å². The number of carboxylic acid groups (broad SMARTS) is 2. The zero-order chi connectivity index (χ0) is 22.5. The van der Waals surface area contributed by atoms with Crippen molar-refractivity contribution in [2.75, 3.05) is 38.1 Å². The third-order valence-corrected chi connectivity index (χ3v) is 5.48. The molecule has 3 aromatic rings. The minimum absolute atomic E-state index is 0. The normalized spacial score (nSPS) is 15.9. The molecule has 0 aromatic carbocycles. The Morgan fingerprint density at radius 2 is 1.72 bits per heavy atom. The zero-order valence-electron chi connectivity index (χ0n) is 16.9. The number of likely N-dealkylation sites (N-methyl/N-ethyl adjacent to an activating group) is 1. The number of hydrogen-bond donors (Lipinski definition) is 4. The minimum Gasteiger partial charge on any atom is -0.479 e. The van der Waals surface area contributed by atoms with Crippen molar-refractivity contribution in [2.45, 2.75) is 12.2 Å². The molecule has 14 nitrogen and oxygen atoms in total. The van der Waals surface area contributed by atoms with Crippen molar-refractivity contribution >= 4 is 34.7 Å². The van der Waals surface area contributed by atoms with Gasteiger partial charge >= 0.3 is 11.9 Å². The van der Waals surface area contributed by atoms with Crippen LogP contribution in [0.15, 0.2) is 23.7 Å². The van der Waals surface area contributed by atoms with Gasteiger partial charge in [0.05, 0.1) is 11.1 Å². The van der Waals surface area contributed by atoms with Crippen LogP contribution in [0.3, 0.4) is 0 Å². The average Bonchev–Trinajstić information content (AvgIpc) is 3.45. The van der Waals surface area contributed by atoms with Crippen molar-refractivity contribution in [1.82, 2.24) is 29.9 Å². The van der Waals surface area contributed by atoms with Gasteiger partial charge in [-0.2, -0.15) is 4.52 Å². The molecule has 0 amide bonds. The summed E-state index contributed by atoms with van der Waals surface area (Å²) in [6.45, 7) is 3.96. The lowest BCUT2D eigenvalue weighted by atomic mass is 10.2. The highest BCUT2D eigenvalue weighted by Crippen LogP contribution is 2.27. The van der Waals surface area contributed by atoms with Crippen molar-refractivity contribution < 1.29 is 35.5 Å². The lowest BCUT2D eigenvalue weighted by Gasteiger charge is -2.33. The zero-order valence-corrected chi connectivity index (χ0v) is 17.8. The van der Waals surface area contributed by atoms with Crippen LogP contribution in [-0.2, 0) is 9.59 Å². The van der Waals surface area contributed by atoms with E-state index >= 15 is 0 Å². The van der Waals surface area contributed by atoms with E-state index in [1.165, 1.54) is 0 Å². The maximum absolute atomic E-state index is 9.77. The molecule has 1 aliphatic rings. The van der Waals surface area contributed by atoms with Crippen LogP contribution >= 0.6 is 11.3 Å². The number of aromatic nitrogens is 5. The summed E-state index contributed by atoms with van der Waals surface area (Å²) in [5.41, 5.74) is 1.66. The molecule has 15 heteroatoms. The molecule has 1 saturated heterocycles. The molecule has 2 unspecified atom stereocenters. The van der Waals surface area contributed by atoms with E-state index in [1.54, 1.807) is 15.9 Å². The highest BCUT2D eigenvalue weighted by Gasteiger charge is 2.29. The minimum atomic E-state index is -2.27. The summed E-state index contributed by atoms with van der Waals surface area (Å²) in [6.07, 6.45) is -2.67. The standard InChI is InChI=1S/C13H15N7S.C4H6O6.H2O/c1-18-4-6-19(7-5-18)12-13-15-16-17-20(13)10(9-14-12)11-3-2-8-21-11;5-1(3(7)8)2(6)4(9)10;/h2-3,8-9H,4-7H2,1H3;1-2,5-6H,(H,7,8)(H,9,10);1H2. The van der Waals surface area contributed by atoms with E-state index in [9.17, 15) is 9.59 Å². The Labute approximate surface area is 185 Å². The number of aliphatic carboxylic acids is 2. The number of tetrazole rings is 1. The number of piperazine rings is 1. The summed E-state index contributed by atoms with van der Waals surface area (Å²) in [5, 5.41) is 46.7. The summed E-state index contributed by atoms with van der Waals surface area (Å²) in [7, 11) is 2.14. The first-order valence-electron chi connectivity index (χ1n) is 9.15. The SMILES string of the molecule is CN1CCN(c2ncc(-c3cccs3)n3nnnc23)CC1.O.O=C(O)C(O)C(O)C(=O)O. The highest BCUT2D eigenvalue weighted by molar-refractivity contribution is 7.13. The largest absolute Gasteiger partial charge is 0.479 e. The molecule has 2 atom stereocenters. The summed E-state index contributed by atoms with van der Waals surface area (Å²) in [6, 6.07) is 4.07. The number of aliphatic hydroxyl groups is 2. The smallest absolute Gasteiger partial charge is 0.335 e. The third kappa shape index (κ3) is 5.51. The van der Waals surface area contributed by atoms with Gasteiger partial charge < -0.3 is 35.7 Å². The Hall–Kier alpha value is -3.24. The van der Waals surface area contributed by atoms with Crippen LogP contribution < -0.4 is 4.90 Å². The molecule has 174 valence electrons. The second kappa shape index (κ2) is 10.9. The van der Waals surface area contributed by atoms with Gasteiger partial charge in [0.1, 0.15) is 5.69 Å². The van der Waals surface area contributed by atoms with Crippen molar-refractivity contribution in [3.8, 4) is 10.6 Å². The average molecular weight is 469 g/mol. The fourth-order valence-corrected chi connectivity index (χ4v) is 3.55. The lowest BCUT2D eigenvalue weighted by Crippen LogP contribution is -2.45. The molecule has 4 rings (SSSR count). The molecular weight excluding hydrogens is 446 g/mol. The molecule has 0 spiro atoms. The number of thiophene rings is 1. The van der Waals surface area contributed by atoms with Gasteiger partial charge in [-0.15, -0.1) is 16.4 Å². The number of hydrogen-bond acceptors (Lipinski definition) is 11. The number of fused-ring (bicyclic) bond motifs is 1. The predicted molar refractivity (Wildman–Crippen MR) is 112 cm³/mol. The van der Waals surface area contributed by atoms with E-state index in [2.05, 4.69) is 43.4 Å². The predicted octanol–water partition coefficient (Wildman–Crippen LogP) is -1.95. The first-order valence-corrected chi connectivity index (χ1v) is 10.0. The summed E-state index contributed by atoms with van der Waals surface area (Å²) in [4.78, 5) is 29.9. The highest BCUT2D eigenvalue weighted by atomic mass is 32.1. The van der Waals surface area contributed by atoms with Crippen LogP contribution in [0.4, 0.5) is 5.82 Å². The van der Waals surface area contributed by atoms with E-state index in [0.717, 1.165) is 48.2 Å². The van der Waals surface area contributed by atoms with Crippen LogP contribution in [0.5, 0.6) is 0 Å². The van der Waals surface area contributed by atoms with Gasteiger partial charge in [-0.3, -0.25) is 0 Å². The van der Waals surface area contributed by atoms with E-state index in [0.29, 0.717) is 0 Å². The van der Waals surface area contributed by atoms with Gasteiger partial charge in [-0.1, -0.05) is 6.07 Å². The van der Waals surface area contributed by atoms with Gasteiger partial charge in [0.2, 0.25) is 5.65 Å². The number of aliphatic hydroxyl groups excluding tert-OH is 2. The maximum Gasteiger partial charge on any atom is 0.335 e. The second-order valence-electron chi connectivity index (χ2n) is 6.72. The fourth-order valence-electron chi connectivity index (χ4n) is 2.83. The van der Waals surface area contributed by atoms with Gasteiger partial charge in [-0.25, -0.2) is 14.6 Å². The van der Waals surface area contributed by atoms with Crippen molar-refractivity contribution in [3.05, 3.63) is 23.7 Å². The first-order chi connectivity index (χ1) is 14.8. The Bertz CT molecular complexity index is 1020. The molecule has 32 heavy (non-hydrogen) atoms. The monoisotopic (exact) mass is 469 g/mol. The van der Waals surface area contributed by atoms with E-state index < -0.39 is 24.1 Å². The Kier molecular flexibility index (Phi) is 8.50. The molecule has 0 aliphatic carbocycles. The molecule has 4 heterocycles. The summed E-state index contributed by atoms with van der Waals surface area (Å²) < 4.78 is 1.78. The quantitative estimate of drug-likeness (QED) is 0.321. The van der Waals surface area contributed by atoms with Gasteiger partial charge in [-0.05, 0) is 28.9 Å². The number of anilines is 1. The van der Waals surface area contributed by atoms with Crippen LogP contribution in [0, 0.1) is 0 Å². The molecule has 0 radical (unpaired) electrons. The van der Waals surface area contributed by atoms with E-state index in [4.69, 9.17) is 20.4 Å². The number of rotatable bonds is 5. The van der Waals surface area contributed by atoms with Crippen LogP contribution in [0.25, 0.3) is 16.2 Å². The van der Waals surface area contributed by atoms with E-state index in [1.807, 2.05) is 17.6 Å². The van der Waals surface area contributed by atoms with E-state index in [-0.39, 0.29) is 5.48 Å². The van der Waals surface area contributed by atoms with Crippen molar-refractivity contribution in [1.29, 1.82) is 0 Å². The summed E-state index contributed by atoms with van der Waals surface area (Å²) >= 11 is 1.66. The molecule has 0 bridgehead atoms. The van der Waals surface area contributed by atoms with Crippen LogP contribution in [0.1, 0.15) is 0 Å². The summed E-state index contributed by atoms with van der Waals surface area (Å²) in [5.74, 6) is -2.67. The molecule has 1 fully saturated rings.